The molecule has 0 aliphatic carbocycles. The molecule has 6 nitrogen and oxygen atoms in total. The first-order valence-electron chi connectivity index (χ1n) is 9.36. The third-order valence-electron chi connectivity index (χ3n) is 4.59. The zero-order valence-electron chi connectivity index (χ0n) is 16.5. The Bertz CT molecular complexity index is 860. The Morgan fingerprint density at radius 3 is 2.46 bits per heavy atom. The van der Waals surface area contributed by atoms with Crippen molar-refractivity contribution in [2.45, 2.75) is 46.2 Å². The molecule has 0 N–H and O–H groups in total. The van der Waals surface area contributed by atoms with E-state index in [9.17, 15) is 14.4 Å². The van der Waals surface area contributed by atoms with Crippen LogP contribution in [0.25, 0.3) is 0 Å². The lowest BCUT2D eigenvalue weighted by Crippen LogP contribution is -2.46. The van der Waals surface area contributed by atoms with Crippen LogP contribution in [-0.4, -0.2) is 33.6 Å². The fourth-order valence-corrected chi connectivity index (χ4v) is 3.32. The van der Waals surface area contributed by atoms with Crippen LogP contribution in [0.1, 0.15) is 39.2 Å². The van der Waals surface area contributed by atoms with E-state index in [-0.39, 0.29) is 42.5 Å². The van der Waals surface area contributed by atoms with Gasteiger partial charge in [-0.1, -0.05) is 45.0 Å². The molecule has 3 rings (SSSR count). The molecule has 0 radical (unpaired) electrons. The summed E-state index contributed by atoms with van der Waals surface area (Å²) < 4.78 is 0. The molecule has 1 unspecified atom stereocenters. The minimum Gasteiger partial charge on any atom is -0.326 e. The van der Waals surface area contributed by atoms with Crippen LogP contribution in [0.15, 0.2) is 54.9 Å². The van der Waals surface area contributed by atoms with E-state index in [0.717, 1.165) is 5.56 Å². The minimum atomic E-state index is -0.803. The van der Waals surface area contributed by atoms with Gasteiger partial charge >= 0.3 is 0 Å². The van der Waals surface area contributed by atoms with Crippen molar-refractivity contribution < 1.29 is 14.4 Å². The molecule has 0 bridgehead atoms. The Morgan fingerprint density at radius 2 is 1.86 bits per heavy atom. The van der Waals surface area contributed by atoms with Crippen molar-refractivity contribution in [2.75, 3.05) is 4.90 Å². The maximum absolute atomic E-state index is 13.1. The van der Waals surface area contributed by atoms with Crippen molar-refractivity contribution in [1.29, 1.82) is 0 Å². The Kier molecular flexibility index (Phi) is 5.58. The van der Waals surface area contributed by atoms with Gasteiger partial charge in [-0.05, 0) is 29.2 Å². The SMILES string of the molecule is CC(C)(C)CC(=O)N(Cc1cccnc1)C1CC(=O)N(c2ccccc2)C1=O. The number of pyridine rings is 1. The number of benzene rings is 1. The molecule has 0 spiro atoms. The number of nitrogens with zero attached hydrogens (tertiary/aromatic N) is 3. The molecular formula is C22H25N3O3. The van der Waals surface area contributed by atoms with Gasteiger partial charge in [0.15, 0.2) is 0 Å². The van der Waals surface area contributed by atoms with E-state index in [2.05, 4.69) is 4.98 Å². The average molecular weight is 379 g/mol. The van der Waals surface area contributed by atoms with E-state index in [1.54, 1.807) is 42.7 Å². The predicted molar refractivity (Wildman–Crippen MR) is 106 cm³/mol. The Hall–Kier alpha value is -3.02. The normalized spacial score (nSPS) is 17.1. The smallest absolute Gasteiger partial charge is 0.257 e. The summed E-state index contributed by atoms with van der Waals surface area (Å²) in [6.45, 7) is 6.18. The first-order chi connectivity index (χ1) is 13.3. The third-order valence-corrected chi connectivity index (χ3v) is 4.59. The van der Waals surface area contributed by atoms with Crippen LogP contribution in [0.5, 0.6) is 0 Å². The molecule has 0 saturated carbocycles. The number of carbonyl (C=O) groups excluding carboxylic acids is 3. The summed E-state index contributed by atoms with van der Waals surface area (Å²) in [5.74, 6) is -0.791. The molecule has 2 heterocycles. The highest BCUT2D eigenvalue weighted by atomic mass is 16.2. The quantitative estimate of drug-likeness (QED) is 0.748. The fourth-order valence-electron chi connectivity index (χ4n) is 3.32. The maximum Gasteiger partial charge on any atom is 0.257 e. The molecule has 28 heavy (non-hydrogen) atoms. The second kappa shape index (κ2) is 7.92. The van der Waals surface area contributed by atoms with Gasteiger partial charge in [0.05, 0.1) is 12.1 Å². The number of hydrogen-bond donors (Lipinski definition) is 0. The van der Waals surface area contributed by atoms with Gasteiger partial charge in [-0.3, -0.25) is 19.4 Å². The molecule has 3 amide bonds. The van der Waals surface area contributed by atoms with Gasteiger partial charge < -0.3 is 4.90 Å². The molecule has 1 atom stereocenters. The van der Waals surface area contributed by atoms with E-state index < -0.39 is 6.04 Å². The van der Waals surface area contributed by atoms with Crippen molar-refractivity contribution in [3.63, 3.8) is 0 Å². The highest BCUT2D eigenvalue weighted by Gasteiger charge is 2.44. The van der Waals surface area contributed by atoms with Crippen molar-refractivity contribution in [1.82, 2.24) is 9.88 Å². The summed E-state index contributed by atoms with van der Waals surface area (Å²) in [6.07, 6.45) is 3.61. The van der Waals surface area contributed by atoms with Crippen LogP contribution in [-0.2, 0) is 20.9 Å². The van der Waals surface area contributed by atoms with Gasteiger partial charge in [0, 0.05) is 25.4 Å². The molecule has 1 aliphatic heterocycles. The number of para-hydroxylation sites is 1. The number of hydrogen-bond acceptors (Lipinski definition) is 4. The first kappa shape index (κ1) is 19.7. The predicted octanol–water partition coefficient (Wildman–Crippen LogP) is 3.18. The van der Waals surface area contributed by atoms with E-state index >= 15 is 0 Å². The number of carbonyl (C=O) groups is 3. The number of imide groups is 1. The molecule has 2 aromatic rings. The van der Waals surface area contributed by atoms with Crippen LogP contribution < -0.4 is 4.90 Å². The number of amides is 3. The van der Waals surface area contributed by atoms with Crippen LogP contribution in [0.2, 0.25) is 0 Å². The second-order valence-electron chi connectivity index (χ2n) is 8.24. The lowest BCUT2D eigenvalue weighted by Gasteiger charge is -2.30. The summed E-state index contributed by atoms with van der Waals surface area (Å²) in [7, 11) is 0. The van der Waals surface area contributed by atoms with Gasteiger partial charge in [-0.2, -0.15) is 0 Å². The van der Waals surface area contributed by atoms with Gasteiger partial charge in [0.2, 0.25) is 11.8 Å². The first-order valence-corrected chi connectivity index (χ1v) is 9.36. The van der Waals surface area contributed by atoms with Crippen molar-refractivity contribution in [3.05, 3.63) is 60.4 Å². The summed E-state index contributed by atoms with van der Waals surface area (Å²) in [5, 5.41) is 0. The van der Waals surface area contributed by atoms with E-state index in [1.807, 2.05) is 32.9 Å². The van der Waals surface area contributed by atoms with Gasteiger partial charge in [0.1, 0.15) is 6.04 Å². The molecule has 146 valence electrons. The summed E-state index contributed by atoms with van der Waals surface area (Å²) in [6, 6.07) is 11.7. The average Bonchev–Trinajstić information content (AvgIpc) is 2.94. The van der Waals surface area contributed by atoms with Gasteiger partial charge in [0.25, 0.3) is 5.91 Å². The lowest BCUT2D eigenvalue weighted by atomic mass is 9.91. The Morgan fingerprint density at radius 1 is 1.14 bits per heavy atom. The maximum atomic E-state index is 13.1. The van der Waals surface area contributed by atoms with Crippen LogP contribution in [0.3, 0.4) is 0 Å². The Labute approximate surface area is 165 Å². The largest absolute Gasteiger partial charge is 0.326 e. The molecule has 1 aromatic carbocycles. The number of aromatic nitrogens is 1. The van der Waals surface area contributed by atoms with E-state index in [0.29, 0.717) is 5.69 Å². The molecule has 1 fully saturated rings. The van der Waals surface area contributed by atoms with E-state index in [4.69, 9.17) is 0 Å². The van der Waals surface area contributed by atoms with Crippen molar-refractivity contribution in [2.24, 2.45) is 5.41 Å². The minimum absolute atomic E-state index is 0.0100. The van der Waals surface area contributed by atoms with Gasteiger partial charge in [-0.25, -0.2) is 4.90 Å². The highest BCUT2D eigenvalue weighted by molar-refractivity contribution is 6.23. The number of anilines is 1. The fraction of sp³-hybridized carbons (Fsp3) is 0.364. The van der Waals surface area contributed by atoms with Gasteiger partial charge in [-0.15, -0.1) is 0 Å². The monoisotopic (exact) mass is 379 g/mol. The van der Waals surface area contributed by atoms with Crippen molar-refractivity contribution >= 4 is 23.4 Å². The molecule has 1 aromatic heterocycles. The highest BCUT2D eigenvalue weighted by Crippen LogP contribution is 2.29. The number of rotatable bonds is 5. The summed E-state index contributed by atoms with van der Waals surface area (Å²) >= 11 is 0. The van der Waals surface area contributed by atoms with Crippen LogP contribution in [0, 0.1) is 5.41 Å². The zero-order valence-corrected chi connectivity index (χ0v) is 16.5. The lowest BCUT2D eigenvalue weighted by molar-refractivity contribution is -0.140. The Balaban J connectivity index is 1.90. The zero-order chi connectivity index (χ0) is 20.3. The molecule has 6 heteroatoms. The summed E-state index contributed by atoms with van der Waals surface area (Å²) in [5.41, 5.74) is 1.13. The molecule has 1 saturated heterocycles. The molecule has 1 aliphatic rings. The standard InChI is InChI=1S/C22H25N3O3/c1-22(2,3)13-20(27)24(15-16-8-7-11-23-14-16)18-12-19(26)25(21(18)28)17-9-5-4-6-10-17/h4-11,14,18H,12-13,15H2,1-3H3. The van der Waals surface area contributed by atoms with Crippen molar-refractivity contribution in [3.8, 4) is 0 Å². The second-order valence-corrected chi connectivity index (χ2v) is 8.24. The van der Waals surface area contributed by atoms with Crippen LogP contribution in [0.4, 0.5) is 5.69 Å². The van der Waals surface area contributed by atoms with E-state index in [1.165, 1.54) is 9.80 Å². The summed E-state index contributed by atoms with van der Waals surface area (Å²) in [4.78, 5) is 45.6. The molecular weight excluding hydrogens is 354 g/mol. The third kappa shape index (κ3) is 4.44. The topological polar surface area (TPSA) is 70.6 Å². The van der Waals surface area contributed by atoms with Crippen LogP contribution >= 0.6 is 0 Å².